The summed E-state index contributed by atoms with van der Waals surface area (Å²) in [6, 6.07) is 13.9. The van der Waals surface area contributed by atoms with Crippen molar-refractivity contribution >= 4 is 17.3 Å². The Bertz CT molecular complexity index is 630. The second-order valence-corrected chi connectivity index (χ2v) is 6.17. The quantitative estimate of drug-likeness (QED) is 0.662. The SMILES string of the molecule is COc1ccc(NCCNCc2ccc(OC(C)C)cc2)cc1Cl. The average Bonchev–Trinajstić information content (AvgIpc) is 2.56. The molecule has 0 aliphatic rings. The highest BCUT2D eigenvalue weighted by Gasteiger charge is 2.01. The summed E-state index contributed by atoms with van der Waals surface area (Å²) in [5.41, 5.74) is 2.22. The maximum absolute atomic E-state index is 6.10. The molecule has 130 valence electrons. The van der Waals surface area contributed by atoms with E-state index in [-0.39, 0.29) is 6.10 Å². The molecular formula is C19H25ClN2O2. The van der Waals surface area contributed by atoms with Crippen molar-refractivity contribution in [3.63, 3.8) is 0 Å². The molecule has 0 saturated carbocycles. The van der Waals surface area contributed by atoms with Crippen molar-refractivity contribution in [1.82, 2.24) is 5.32 Å². The number of halogens is 1. The Morgan fingerprint density at radius 3 is 2.42 bits per heavy atom. The average molecular weight is 349 g/mol. The van der Waals surface area contributed by atoms with E-state index in [1.54, 1.807) is 7.11 Å². The molecule has 24 heavy (non-hydrogen) atoms. The van der Waals surface area contributed by atoms with Crippen LogP contribution in [-0.4, -0.2) is 26.3 Å². The Morgan fingerprint density at radius 2 is 1.79 bits per heavy atom. The lowest BCUT2D eigenvalue weighted by molar-refractivity contribution is 0.242. The zero-order chi connectivity index (χ0) is 17.4. The molecule has 0 radical (unpaired) electrons. The van der Waals surface area contributed by atoms with Crippen LogP contribution in [0.2, 0.25) is 5.02 Å². The van der Waals surface area contributed by atoms with E-state index in [1.165, 1.54) is 5.56 Å². The number of hydrogen-bond acceptors (Lipinski definition) is 4. The highest BCUT2D eigenvalue weighted by molar-refractivity contribution is 6.32. The maximum atomic E-state index is 6.10. The molecule has 0 atom stereocenters. The van der Waals surface area contributed by atoms with Gasteiger partial charge in [-0.3, -0.25) is 0 Å². The summed E-state index contributed by atoms with van der Waals surface area (Å²) in [6.07, 6.45) is 0.200. The first-order valence-electron chi connectivity index (χ1n) is 8.12. The van der Waals surface area contributed by atoms with Gasteiger partial charge in [0.15, 0.2) is 0 Å². The molecule has 2 rings (SSSR count). The molecule has 0 aromatic heterocycles. The van der Waals surface area contributed by atoms with Gasteiger partial charge in [0.2, 0.25) is 0 Å². The zero-order valence-electron chi connectivity index (χ0n) is 14.4. The van der Waals surface area contributed by atoms with Crippen LogP contribution in [-0.2, 0) is 6.54 Å². The second kappa shape index (κ2) is 9.40. The lowest BCUT2D eigenvalue weighted by Crippen LogP contribution is -2.21. The van der Waals surface area contributed by atoms with E-state index in [9.17, 15) is 0 Å². The van der Waals surface area contributed by atoms with Gasteiger partial charge in [0.05, 0.1) is 18.2 Å². The second-order valence-electron chi connectivity index (χ2n) is 5.76. The molecule has 0 amide bonds. The molecule has 0 bridgehead atoms. The van der Waals surface area contributed by atoms with E-state index in [0.29, 0.717) is 10.8 Å². The van der Waals surface area contributed by atoms with Crippen LogP contribution < -0.4 is 20.1 Å². The van der Waals surface area contributed by atoms with Gasteiger partial charge in [-0.2, -0.15) is 0 Å². The molecule has 2 aromatic carbocycles. The highest BCUT2D eigenvalue weighted by atomic mass is 35.5. The number of ether oxygens (including phenoxy) is 2. The molecule has 0 aliphatic heterocycles. The maximum Gasteiger partial charge on any atom is 0.137 e. The van der Waals surface area contributed by atoms with Gasteiger partial charge in [-0.25, -0.2) is 0 Å². The smallest absolute Gasteiger partial charge is 0.137 e. The molecule has 0 heterocycles. The predicted molar refractivity (Wildman–Crippen MR) is 100 cm³/mol. The number of anilines is 1. The minimum absolute atomic E-state index is 0.200. The van der Waals surface area contributed by atoms with E-state index in [1.807, 2.05) is 44.2 Å². The highest BCUT2D eigenvalue weighted by Crippen LogP contribution is 2.26. The Morgan fingerprint density at radius 1 is 1.04 bits per heavy atom. The number of nitrogens with one attached hydrogen (secondary N) is 2. The van der Waals surface area contributed by atoms with Crippen molar-refractivity contribution in [1.29, 1.82) is 0 Å². The van der Waals surface area contributed by atoms with Crippen LogP contribution in [0.25, 0.3) is 0 Å². The number of methoxy groups -OCH3 is 1. The van der Waals surface area contributed by atoms with E-state index in [0.717, 1.165) is 31.1 Å². The first-order chi connectivity index (χ1) is 11.6. The van der Waals surface area contributed by atoms with Crippen molar-refractivity contribution in [3.8, 4) is 11.5 Å². The first-order valence-corrected chi connectivity index (χ1v) is 8.50. The van der Waals surface area contributed by atoms with Crippen LogP contribution in [0.4, 0.5) is 5.69 Å². The lowest BCUT2D eigenvalue weighted by Gasteiger charge is -2.11. The minimum atomic E-state index is 0.200. The number of rotatable bonds is 9. The van der Waals surface area contributed by atoms with Crippen LogP contribution in [0.3, 0.4) is 0 Å². The summed E-state index contributed by atoms with van der Waals surface area (Å²) in [4.78, 5) is 0. The Kier molecular flexibility index (Phi) is 7.22. The number of hydrogen-bond donors (Lipinski definition) is 2. The zero-order valence-corrected chi connectivity index (χ0v) is 15.2. The standard InChI is InChI=1S/C19H25ClN2O2/c1-14(2)24-17-7-4-15(5-8-17)13-21-10-11-22-16-6-9-19(23-3)18(20)12-16/h4-9,12,14,21-22H,10-11,13H2,1-3H3. The normalized spacial score (nSPS) is 10.7. The summed E-state index contributed by atoms with van der Waals surface area (Å²) in [5.74, 6) is 1.59. The summed E-state index contributed by atoms with van der Waals surface area (Å²) in [6.45, 7) is 6.55. The van der Waals surface area contributed by atoms with Gasteiger partial charge in [-0.1, -0.05) is 23.7 Å². The van der Waals surface area contributed by atoms with E-state index in [2.05, 4.69) is 22.8 Å². The summed E-state index contributed by atoms with van der Waals surface area (Å²) in [7, 11) is 1.61. The van der Waals surface area contributed by atoms with Crippen LogP contribution in [0.5, 0.6) is 11.5 Å². The summed E-state index contributed by atoms with van der Waals surface area (Å²) >= 11 is 6.10. The van der Waals surface area contributed by atoms with Crippen LogP contribution in [0.1, 0.15) is 19.4 Å². The first kappa shape index (κ1) is 18.4. The van der Waals surface area contributed by atoms with Gasteiger partial charge in [-0.15, -0.1) is 0 Å². The van der Waals surface area contributed by atoms with Crippen LogP contribution >= 0.6 is 11.6 Å². The minimum Gasteiger partial charge on any atom is -0.495 e. The topological polar surface area (TPSA) is 42.5 Å². The molecule has 0 saturated heterocycles. The largest absolute Gasteiger partial charge is 0.495 e. The van der Waals surface area contributed by atoms with Crippen molar-refractivity contribution in [2.45, 2.75) is 26.5 Å². The van der Waals surface area contributed by atoms with Gasteiger partial charge in [0, 0.05) is 25.3 Å². The van der Waals surface area contributed by atoms with Crippen LogP contribution in [0.15, 0.2) is 42.5 Å². The molecular weight excluding hydrogens is 324 g/mol. The van der Waals surface area contributed by atoms with Crippen molar-refractivity contribution in [2.75, 3.05) is 25.5 Å². The number of benzene rings is 2. The van der Waals surface area contributed by atoms with Gasteiger partial charge in [0.1, 0.15) is 11.5 Å². The third-order valence-electron chi connectivity index (χ3n) is 3.41. The summed E-state index contributed by atoms with van der Waals surface area (Å²) in [5, 5.41) is 7.35. The lowest BCUT2D eigenvalue weighted by atomic mass is 10.2. The third kappa shape index (κ3) is 5.95. The molecule has 2 aromatic rings. The molecule has 5 heteroatoms. The van der Waals surface area contributed by atoms with Crippen molar-refractivity contribution < 1.29 is 9.47 Å². The third-order valence-corrected chi connectivity index (χ3v) is 3.70. The molecule has 0 fully saturated rings. The van der Waals surface area contributed by atoms with E-state index < -0.39 is 0 Å². The Balaban J connectivity index is 1.68. The predicted octanol–water partition coefficient (Wildman–Crippen LogP) is 4.34. The fourth-order valence-electron chi connectivity index (χ4n) is 2.26. The van der Waals surface area contributed by atoms with Crippen LogP contribution in [0, 0.1) is 0 Å². The van der Waals surface area contributed by atoms with E-state index >= 15 is 0 Å². The van der Waals surface area contributed by atoms with Gasteiger partial charge < -0.3 is 20.1 Å². The van der Waals surface area contributed by atoms with Gasteiger partial charge >= 0.3 is 0 Å². The van der Waals surface area contributed by atoms with Crippen molar-refractivity contribution in [3.05, 3.63) is 53.1 Å². The molecule has 0 aliphatic carbocycles. The molecule has 4 nitrogen and oxygen atoms in total. The van der Waals surface area contributed by atoms with E-state index in [4.69, 9.17) is 21.1 Å². The summed E-state index contributed by atoms with van der Waals surface area (Å²) < 4.78 is 10.8. The Hall–Kier alpha value is -1.91. The van der Waals surface area contributed by atoms with Gasteiger partial charge in [0.25, 0.3) is 0 Å². The fraction of sp³-hybridized carbons (Fsp3) is 0.368. The van der Waals surface area contributed by atoms with Crippen molar-refractivity contribution in [2.24, 2.45) is 0 Å². The van der Waals surface area contributed by atoms with Gasteiger partial charge in [-0.05, 0) is 49.7 Å². The molecule has 0 unspecified atom stereocenters. The molecule has 2 N–H and O–H groups in total. The fourth-order valence-corrected chi connectivity index (χ4v) is 2.52. The Labute approximate surface area is 149 Å². The monoisotopic (exact) mass is 348 g/mol. The molecule has 0 spiro atoms.